The van der Waals surface area contributed by atoms with Crippen LogP contribution in [0.1, 0.15) is 36.1 Å². The minimum absolute atomic E-state index is 0.541. The lowest BCUT2D eigenvalue weighted by atomic mass is 9.77. The maximum Gasteiger partial charge on any atom is 0.126 e. The second kappa shape index (κ2) is 5.44. The largest absolute Gasteiger partial charge is 0.496 e. The van der Waals surface area contributed by atoms with Crippen molar-refractivity contribution in [2.75, 3.05) is 20.2 Å². The van der Waals surface area contributed by atoms with Crippen molar-refractivity contribution in [3.8, 4) is 16.9 Å². The molecule has 0 aromatic heterocycles. The number of nitrogens with zero attached hydrogens (tertiary/aromatic N) is 1. The van der Waals surface area contributed by atoms with Gasteiger partial charge >= 0.3 is 0 Å². The molecule has 0 amide bonds. The average molecular weight is 293 g/mol. The smallest absolute Gasteiger partial charge is 0.126 e. The van der Waals surface area contributed by atoms with Gasteiger partial charge in [0.25, 0.3) is 0 Å². The van der Waals surface area contributed by atoms with E-state index in [1.807, 2.05) is 0 Å². The van der Waals surface area contributed by atoms with E-state index in [1.165, 1.54) is 48.2 Å². The minimum atomic E-state index is 0.541. The van der Waals surface area contributed by atoms with E-state index in [0.717, 1.165) is 12.2 Å². The van der Waals surface area contributed by atoms with Crippen LogP contribution in [0.4, 0.5) is 0 Å². The van der Waals surface area contributed by atoms with Crippen molar-refractivity contribution in [1.82, 2.24) is 4.90 Å². The van der Waals surface area contributed by atoms with Gasteiger partial charge in [-0.05, 0) is 54.1 Å². The summed E-state index contributed by atoms with van der Waals surface area (Å²) in [6.07, 6.45) is 3.50. The fourth-order valence-electron chi connectivity index (χ4n) is 4.26. The Morgan fingerprint density at radius 2 is 1.95 bits per heavy atom. The molecule has 0 fully saturated rings. The number of hydrogen-bond acceptors (Lipinski definition) is 2. The Balaban J connectivity index is 1.93. The van der Waals surface area contributed by atoms with Crippen LogP contribution in [0, 0.1) is 0 Å². The Morgan fingerprint density at radius 3 is 2.77 bits per heavy atom. The van der Waals surface area contributed by atoms with Crippen LogP contribution in [-0.4, -0.2) is 25.1 Å². The summed E-state index contributed by atoms with van der Waals surface area (Å²) in [7, 11) is 1.78. The molecule has 0 N–H and O–H groups in total. The summed E-state index contributed by atoms with van der Waals surface area (Å²) in [5.41, 5.74) is 7.22. The predicted molar refractivity (Wildman–Crippen MR) is 90.4 cm³/mol. The highest BCUT2D eigenvalue weighted by Crippen LogP contribution is 2.48. The molecule has 1 heterocycles. The van der Waals surface area contributed by atoms with Crippen LogP contribution < -0.4 is 4.74 Å². The molecule has 0 spiro atoms. The van der Waals surface area contributed by atoms with Gasteiger partial charge in [-0.2, -0.15) is 0 Å². The molecule has 2 aromatic rings. The van der Waals surface area contributed by atoms with Crippen molar-refractivity contribution < 1.29 is 4.74 Å². The number of rotatable bonds is 3. The molecule has 0 radical (unpaired) electrons. The monoisotopic (exact) mass is 293 g/mol. The molecular formula is C20H23NO. The van der Waals surface area contributed by atoms with Crippen molar-refractivity contribution in [2.24, 2.45) is 0 Å². The van der Waals surface area contributed by atoms with Gasteiger partial charge in [0.2, 0.25) is 0 Å². The molecule has 2 heteroatoms. The molecule has 2 aliphatic rings. The summed E-state index contributed by atoms with van der Waals surface area (Å²) in [4.78, 5) is 2.67. The van der Waals surface area contributed by atoms with Gasteiger partial charge in [0.15, 0.2) is 0 Å². The average Bonchev–Trinajstić information content (AvgIpc) is 2.57. The molecule has 0 bridgehead atoms. The van der Waals surface area contributed by atoms with Gasteiger partial charge < -0.3 is 4.74 Å². The number of ether oxygens (including phenoxy) is 1. The van der Waals surface area contributed by atoms with Gasteiger partial charge in [0.1, 0.15) is 5.75 Å². The third-order valence-electron chi connectivity index (χ3n) is 5.16. The fourth-order valence-corrected chi connectivity index (χ4v) is 4.26. The summed E-state index contributed by atoms with van der Waals surface area (Å²) in [5, 5.41) is 0. The Kier molecular flexibility index (Phi) is 3.42. The number of hydrogen-bond donors (Lipinski definition) is 0. The maximum absolute atomic E-state index is 5.66. The molecule has 22 heavy (non-hydrogen) atoms. The molecule has 2 nitrogen and oxygen atoms in total. The van der Waals surface area contributed by atoms with E-state index in [9.17, 15) is 0 Å². The molecule has 1 aliphatic heterocycles. The lowest BCUT2D eigenvalue weighted by Gasteiger charge is -2.41. The van der Waals surface area contributed by atoms with Crippen LogP contribution in [0.15, 0.2) is 36.4 Å². The number of benzene rings is 2. The van der Waals surface area contributed by atoms with Crippen molar-refractivity contribution in [3.63, 3.8) is 0 Å². The second-order valence-corrected chi connectivity index (χ2v) is 6.38. The van der Waals surface area contributed by atoms with Crippen LogP contribution in [0.5, 0.6) is 5.75 Å². The molecule has 1 atom stereocenters. The lowest BCUT2D eigenvalue weighted by molar-refractivity contribution is 0.183. The number of fused-ring (bicyclic) bond motifs is 2. The SMILES string of the molecule is CCCN1CCc2cccc3c2[C@@H]1Cc1cccc(OC)c1-3. The van der Waals surface area contributed by atoms with Crippen molar-refractivity contribution in [1.29, 1.82) is 0 Å². The van der Waals surface area contributed by atoms with Crippen LogP contribution >= 0.6 is 0 Å². The molecule has 4 rings (SSSR count). The van der Waals surface area contributed by atoms with E-state index >= 15 is 0 Å². The van der Waals surface area contributed by atoms with E-state index < -0.39 is 0 Å². The minimum Gasteiger partial charge on any atom is -0.496 e. The molecule has 1 aliphatic carbocycles. The van der Waals surface area contributed by atoms with Crippen LogP contribution in [-0.2, 0) is 12.8 Å². The summed E-state index contributed by atoms with van der Waals surface area (Å²) in [6.45, 7) is 4.66. The highest BCUT2D eigenvalue weighted by Gasteiger charge is 2.34. The highest BCUT2D eigenvalue weighted by molar-refractivity contribution is 5.80. The summed E-state index contributed by atoms with van der Waals surface area (Å²) in [5.74, 6) is 1.01. The van der Waals surface area contributed by atoms with Crippen LogP contribution in [0.2, 0.25) is 0 Å². The van der Waals surface area contributed by atoms with E-state index in [1.54, 1.807) is 12.7 Å². The van der Waals surface area contributed by atoms with Gasteiger partial charge in [-0.1, -0.05) is 37.3 Å². The molecule has 2 aromatic carbocycles. The Hall–Kier alpha value is -1.80. The number of methoxy groups -OCH3 is 1. The zero-order chi connectivity index (χ0) is 15.1. The Bertz CT molecular complexity index is 707. The van der Waals surface area contributed by atoms with E-state index in [-0.39, 0.29) is 0 Å². The van der Waals surface area contributed by atoms with E-state index in [4.69, 9.17) is 4.74 Å². The first-order valence-electron chi connectivity index (χ1n) is 8.35. The van der Waals surface area contributed by atoms with Gasteiger partial charge in [0, 0.05) is 18.2 Å². The van der Waals surface area contributed by atoms with Crippen molar-refractivity contribution in [2.45, 2.75) is 32.2 Å². The first kappa shape index (κ1) is 13.8. The highest BCUT2D eigenvalue weighted by atomic mass is 16.5. The molecule has 0 saturated carbocycles. The summed E-state index contributed by atoms with van der Waals surface area (Å²) in [6, 6.07) is 13.8. The topological polar surface area (TPSA) is 12.5 Å². The molecule has 0 saturated heterocycles. The van der Waals surface area contributed by atoms with Crippen molar-refractivity contribution in [3.05, 3.63) is 53.1 Å². The van der Waals surface area contributed by atoms with Gasteiger partial charge in [0.05, 0.1) is 7.11 Å². The summed E-state index contributed by atoms with van der Waals surface area (Å²) >= 11 is 0. The first-order valence-corrected chi connectivity index (χ1v) is 8.35. The normalized spacial score (nSPS) is 19.5. The fraction of sp³-hybridized carbons (Fsp3) is 0.400. The van der Waals surface area contributed by atoms with E-state index in [2.05, 4.69) is 48.2 Å². The predicted octanol–water partition coefficient (Wildman–Crippen LogP) is 4.23. The third-order valence-corrected chi connectivity index (χ3v) is 5.16. The lowest BCUT2D eigenvalue weighted by Crippen LogP contribution is -2.38. The van der Waals surface area contributed by atoms with Gasteiger partial charge in [-0.25, -0.2) is 0 Å². The zero-order valence-electron chi connectivity index (χ0n) is 13.4. The first-order chi connectivity index (χ1) is 10.8. The Labute approximate surface area is 132 Å². The quantitative estimate of drug-likeness (QED) is 0.840. The van der Waals surface area contributed by atoms with E-state index in [0.29, 0.717) is 6.04 Å². The Morgan fingerprint density at radius 1 is 1.14 bits per heavy atom. The summed E-state index contributed by atoms with van der Waals surface area (Å²) < 4.78 is 5.66. The zero-order valence-corrected chi connectivity index (χ0v) is 13.4. The molecule has 0 unspecified atom stereocenters. The van der Waals surface area contributed by atoms with Gasteiger partial charge in [-0.3, -0.25) is 4.90 Å². The van der Waals surface area contributed by atoms with Crippen LogP contribution in [0.3, 0.4) is 0 Å². The van der Waals surface area contributed by atoms with Crippen molar-refractivity contribution >= 4 is 0 Å². The van der Waals surface area contributed by atoms with Crippen LogP contribution in [0.25, 0.3) is 11.1 Å². The third kappa shape index (κ3) is 1.98. The second-order valence-electron chi connectivity index (χ2n) is 6.38. The molecular weight excluding hydrogens is 270 g/mol. The standard InChI is InChI=1S/C20H23NO/c1-3-11-21-12-10-14-6-4-8-16-19(14)17(21)13-15-7-5-9-18(22-2)20(15)16/h4-9,17H,3,10-13H2,1-2H3/t17-/m0/s1. The molecule has 114 valence electrons. The van der Waals surface area contributed by atoms with Gasteiger partial charge in [-0.15, -0.1) is 0 Å². The maximum atomic E-state index is 5.66.